The van der Waals surface area contributed by atoms with Gasteiger partial charge in [0.2, 0.25) is 0 Å². The van der Waals surface area contributed by atoms with Crippen molar-refractivity contribution in [3.8, 4) is 11.5 Å². The predicted octanol–water partition coefficient (Wildman–Crippen LogP) is 2.63. The second kappa shape index (κ2) is 6.97. The van der Waals surface area contributed by atoms with E-state index in [2.05, 4.69) is 15.9 Å². The maximum atomic E-state index is 9.97. The molecule has 0 heterocycles. The molecule has 0 aromatic heterocycles. The standard InChI is InChI=1S/C13H20BrNO3/c1-4-5-10(16)13(15)8-6-11(17-2)12(18-3)7-9(8)14/h6-7,10,13,16H,4-5,15H2,1-3H3/t10-,13+/m1/s1. The summed E-state index contributed by atoms with van der Waals surface area (Å²) in [5.74, 6) is 1.24. The SMILES string of the molecule is CCC[C@@H](O)[C@@H](N)c1cc(OC)c(OC)cc1Br. The normalized spacial score (nSPS) is 14.1. The largest absolute Gasteiger partial charge is 0.493 e. The van der Waals surface area contributed by atoms with Gasteiger partial charge in [0.15, 0.2) is 11.5 Å². The third-order valence-corrected chi connectivity index (χ3v) is 3.55. The zero-order valence-electron chi connectivity index (χ0n) is 10.9. The molecule has 0 amide bonds. The van der Waals surface area contributed by atoms with Crippen LogP contribution in [0.3, 0.4) is 0 Å². The Bertz CT molecular complexity index is 398. The number of ether oxygens (including phenoxy) is 2. The lowest BCUT2D eigenvalue weighted by Crippen LogP contribution is -2.26. The van der Waals surface area contributed by atoms with E-state index < -0.39 is 12.1 Å². The van der Waals surface area contributed by atoms with Crippen LogP contribution in [0.4, 0.5) is 0 Å². The fourth-order valence-corrected chi connectivity index (χ4v) is 2.39. The second-order valence-corrected chi connectivity index (χ2v) is 4.96. The van der Waals surface area contributed by atoms with E-state index in [9.17, 15) is 5.11 Å². The van der Waals surface area contributed by atoms with Crippen LogP contribution < -0.4 is 15.2 Å². The predicted molar refractivity (Wildman–Crippen MR) is 75.1 cm³/mol. The van der Waals surface area contributed by atoms with Crippen molar-refractivity contribution in [3.63, 3.8) is 0 Å². The number of methoxy groups -OCH3 is 2. The van der Waals surface area contributed by atoms with Crippen molar-refractivity contribution in [3.05, 3.63) is 22.2 Å². The summed E-state index contributed by atoms with van der Waals surface area (Å²) in [5.41, 5.74) is 6.88. The Morgan fingerprint density at radius 2 is 1.83 bits per heavy atom. The summed E-state index contributed by atoms with van der Waals surface area (Å²) >= 11 is 3.44. The molecule has 0 spiro atoms. The summed E-state index contributed by atoms with van der Waals surface area (Å²) in [6.07, 6.45) is 0.992. The Hall–Kier alpha value is -0.780. The Morgan fingerprint density at radius 3 is 2.33 bits per heavy atom. The molecule has 0 radical (unpaired) electrons. The molecule has 0 aliphatic heterocycles. The summed E-state index contributed by atoms with van der Waals surface area (Å²) in [6.45, 7) is 2.01. The van der Waals surface area contributed by atoms with E-state index in [0.717, 1.165) is 16.5 Å². The maximum Gasteiger partial charge on any atom is 0.161 e. The minimum atomic E-state index is -0.565. The molecular formula is C13H20BrNO3. The van der Waals surface area contributed by atoms with E-state index in [1.165, 1.54) is 0 Å². The monoisotopic (exact) mass is 317 g/mol. The highest BCUT2D eigenvalue weighted by Crippen LogP contribution is 2.36. The van der Waals surface area contributed by atoms with Crippen molar-refractivity contribution in [1.29, 1.82) is 0 Å². The van der Waals surface area contributed by atoms with Gasteiger partial charge in [0, 0.05) is 4.47 Å². The third-order valence-electron chi connectivity index (χ3n) is 2.86. The van der Waals surface area contributed by atoms with Gasteiger partial charge in [0.25, 0.3) is 0 Å². The molecule has 0 unspecified atom stereocenters. The average molecular weight is 318 g/mol. The van der Waals surface area contributed by atoms with Crippen molar-refractivity contribution in [2.24, 2.45) is 5.73 Å². The molecule has 1 rings (SSSR count). The van der Waals surface area contributed by atoms with Crippen LogP contribution in [0.25, 0.3) is 0 Å². The summed E-state index contributed by atoms with van der Waals surface area (Å²) in [6, 6.07) is 3.15. The Balaban J connectivity index is 3.08. The third kappa shape index (κ3) is 3.37. The second-order valence-electron chi connectivity index (χ2n) is 4.11. The fourth-order valence-electron chi connectivity index (χ4n) is 1.81. The molecule has 0 saturated carbocycles. The molecule has 0 saturated heterocycles. The van der Waals surface area contributed by atoms with Gasteiger partial charge in [-0.2, -0.15) is 0 Å². The number of aliphatic hydroxyl groups is 1. The lowest BCUT2D eigenvalue weighted by atomic mass is 9.99. The molecule has 0 aliphatic rings. The molecule has 4 nitrogen and oxygen atoms in total. The number of hydrogen-bond donors (Lipinski definition) is 2. The van der Waals surface area contributed by atoms with Crippen molar-refractivity contribution in [2.75, 3.05) is 14.2 Å². The van der Waals surface area contributed by atoms with Crippen molar-refractivity contribution in [2.45, 2.75) is 31.9 Å². The smallest absolute Gasteiger partial charge is 0.161 e. The number of halogens is 1. The highest BCUT2D eigenvalue weighted by atomic mass is 79.9. The van der Waals surface area contributed by atoms with E-state index in [4.69, 9.17) is 15.2 Å². The lowest BCUT2D eigenvalue weighted by molar-refractivity contribution is 0.134. The Morgan fingerprint density at radius 1 is 1.28 bits per heavy atom. The van der Waals surface area contributed by atoms with E-state index in [0.29, 0.717) is 17.9 Å². The highest BCUT2D eigenvalue weighted by molar-refractivity contribution is 9.10. The van der Waals surface area contributed by atoms with Crippen LogP contribution in [-0.4, -0.2) is 25.4 Å². The number of nitrogens with two attached hydrogens (primary N) is 1. The fraction of sp³-hybridized carbons (Fsp3) is 0.538. The topological polar surface area (TPSA) is 64.7 Å². The van der Waals surface area contributed by atoms with E-state index >= 15 is 0 Å². The van der Waals surface area contributed by atoms with Crippen molar-refractivity contribution >= 4 is 15.9 Å². The van der Waals surface area contributed by atoms with Crippen molar-refractivity contribution < 1.29 is 14.6 Å². The Kier molecular flexibility index (Phi) is 5.91. The van der Waals surface area contributed by atoms with Gasteiger partial charge in [-0.1, -0.05) is 29.3 Å². The van der Waals surface area contributed by atoms with E-state index in [1.807, 2.05) is 6.92 Å². The summed E-state index contributed by atoms with van der Waals surface area (Å²) < 4.78 is 11.2. The van der Waals surface area contributed by atoms with Crippen LogP contribution in [0.2, 0.25) is 0 Å². The molecular weight excluding hydrogens is 298 g/mol. The van der Waals surface area contributed by atoms with Crippen molar-refractivity contribution in [1.82, 2.24) is 0 Å². The number of hydrogen-bond acceptors (Lipinski definition) is 4. The van der Waals surface area contributed by atoms with Crippen LogP contribution in [0.5, 0.6) is 11.5 Å². The molecule has 1 aromatic rings. The average Bonchev–Trinajstić information content (AvgIpc) is 2.37. The zero-order valence-corrected chi connectivity index (χ0v) is 12.5. The first-order chi connectivity index (χ1) is 8.54. The molecule has 18 heavy (non-hydrogen) atoms. The van der Waals surface area contributed by atoms with E-state index in [1.54, 1.807) is 26.4 Å². The van der Waals surface area contributed by atoms with Crippen LogP contribution in [0.15, 0.2) is 16.6 Å². The van der Waals surface area contributed by atoms with Gasteiger partial charge < -0.3 is 20.3 Å². The lowest BCUT2D eigenvalue weighted by Gasteiger charge is -2.21. The van der Waals surface area contributed by atoms with Crippen LogP contribution in [0, 0.1) is 0 Å². The first kappa shape index (κ1) is 15.3. The first-order valence-corrected chi connectivity index (χ1v) is 6.69. The minimum Gasteiger partial charge on any atom is -0.493 e. The minimum absolute atomic E-state index is 0.445. The maximum absolute atomic E-state index is 9.97. The highest BCUT2D eigenvalue weighted by Gasteiger charge is 2.20. The van der Waals surface area contributed by atoms with Gasteiger partial charge in [-0.3, -0.25) is 0 Å². The van der Waals surface area contributed by atoms with Crippen LogP contribution in [-0.2, 0) is 0 Å². The first-order valence-electron chi connectivity index (χ1n) is 5.90. The molecule has 2 atom stereocenters. The molecule has 0 fully saturated rings. The van der Waals surface area contributed by atoms with Gasteiger partial charge in [-0.05, 0) is 24.1 Å². The van der Waals surface area contributed by atoms with Gasteiger partial charge in [-0.25, -0.2) is 0 Å². The van der Waals surface area contributed by atoms with Gasteiger partial charge in [0.05, 0.1) is 26.4 Å². The molecule has 3 N–H and O–H groups in total. The number of rotatable bonds is 6. The van der Waals surface area contributed by atoms with Gasteiger partial charge in [0.1, 0.15) is 0 Å². The Labute approximate surface area is 116 Å². The number of aliphatic hydroxyl groups excluding tert-OH is 1. The molecule has 1 aromatic carbocycles. The molecule has 102 valence electrons. The molecule has 0 aliphatic carbocycles. The zero-order chi connectivity index (χ0) is 13.7. The summed E-state index contributed by atoms with van der Waals surface area (Å²) in [4.78, 5) is 0. The van der Waals surface area contributed by atoms with Crippen LogP contribution >= 0.6 is 15.9 Å². The molecule has 0 bridgehead atoms. The quantitative estimate of drug-likeness (QED) is 0.846. The molecule has 5 heteroatoms. The van der Waals surface area contributed by atoms with Crippen LogP contribution in [0.1, 0.15) is 31.4 Å². The number of benzene rings is 1. The summed E-state index contributed by atoms with van der Waals surface area (Å²) in [5, 5.41) is 9.97. The van der Waals surface area contributed by atoms with E-state index in [-0.39, 0.29) is 0 Å². The van der Waals surface area contributed by atoms with Gasteiger partial charge in [-0.15, -0.1) is 0 Å². The van der Waals surface area contributed by atoms with Gasteiger partial charge >= 0.3 is 0 Å². The summed E-state index contributed by atoms with van der Waals surface area (Å²) in [7, 11) is 3.15.